The lowest BCUT2D eigenvalue weighted by molar-refractivity contribution is 0.148. The molecule has 0 unspecified atom stereocenters. The molecule has 0 bridgehead atoms. The maximum absolute atomic E-state index is 14.1. The predicted octanol–water partition coefficient (Wildman–Crippen LogP) is 2.71. The third-order valence-corrected chi connectivity index (χ3v) is 4.72. The molecular formula is C17H28FN3. The maximum Gasteiger partial charge on any atom is 0.146 e. The number of nitrogens with two attached hydrogens (primary N) is 1. The fourth-order valence-corrected chi connectivity index (χ4v) is 3.32. The lowest BCUT2D eigenvalue weighted by Gasteiger charge is -2.48. The number of halogens is 1. The maximum atomic E-state index is 14.1. The summed E-state index contributed by atoms with van der Waals surface area (Å²) in [5, 5.41) is 0. The summed E-state index contributed by atoms with van der Waals surface area (Å²) < 4.78 is 14.1. The van der Waals surface area contributed by atoms with Crippen molar-refractivity contribution < 1.29 is 4.39 Å². The van der Waals surface area contributed by atoms with Gasteiger partial charge in [0, 0.05) is 33.2 Å². The van der Waals surface area contributed by atoms with Crippen LogP contribution in [-0.2, 0) is 0 Å². The summed E-state index contributed by atoms with van der Waals surface area (Å²) in [4.78, 5) is 4.56. The number of nitrogens with zero attached hydrogens (tertiary/aromatic N) is 2. The molecule has 0 saturated carbocycles. The predicted molar refractivity (Wildman–Crippen MR) is 87.1 cm³/mol. The quantitative estimate of drug-likeness (QED) is 0.906. The topological polar surface area (TPSA) is 32.5 Å². The molecule has 1 aromatic carbocycles. The summed E-state index contributed by atoms with van der Waals surface area (Å²) in [6.07, 6.45) is 1.97. The van der Waals surface area contributed by atoms with Crippen molar-refractivity contribution in [2.75, 3.05) is 38.1 Å². The number of anilines is 1. The zero-order valence-electron chi connectivity index (χ0n) is 13.5. The minimum atomic E-state index is -0.169. The molecule has 0 spiro atoms. The van der Waals surface area contributed by atoms with Crippen LogP contribution in [0.1, 0.15) is 26.7 Å². The summed E-state index contributed by atoms with van der Waals surface area (Å²) in [5.74, 6) is 0.511. The number of piperidine rings is 1. The van der Waals surface area contributed by atoms with Gasteiger partial charge < -0.3 is 15.5 Å². The number of para-hydroxylation sites is 1. The summed E-state index contributed by atoms with van der Waals surface area (Å²) in [7, 11) is 1.98. The number of likely N-dealkylation sites (tertiary alicyclic amines) is 1. The molecule has 4 heteroatoms. The van der Waals surface area contributed by atoms with Crippen molar-refractivity contribution in [1.29, 1.82) is 0 Å². The van der Waals surface area contributed by atoms with Crippen molar-refractivity contribution in [3.63, 3.8) is 0 Å². The van der Waals surface area contributed by atoms with E-state index in [2.05, 4.69) is 23.6 Å². The van der Waals surface area contributed by atoms with Gasteiger partial charge in [0.2, 0.25) is 0 Å². The Hall–Kier alpha value is -1.13. The van der Waals surface area contributed by atoms with Gasteiger partial charge in [0.1, 0.15) is 5.82 Å². The van der Waals surface area contributed by atoms with E-state index in [0.29, 0.717) is 18.2 Å². The molecule has 0 atom stereocenters. The highest BCUT2D eigenvalue weighted by atomic mass is 19.1. The molecule has 1 aliphatic heterocycles. The average Bonchev–Trinajstić information content (AvgIpc) is 2.47. The van der Waals surface area contributed by atoms with E-state index in [-0.39, 0.29) is 11.4 Å². The second-order valence-electron chi connectivity index (χ2n) is 6.63. The number of likely N-dealkylation sites (N-methyl/N-ethyl adjacent to an activating group) is 1. The Morgan fingerprint density at radius 2 is 1.90 bits per heavy atom. The Kier molecular flexibility index (Phi) is 5.22. The van der Waals surface area contributed by atoms with Gasteiger partial charge in [-0.3, -0.25) is 0 Å². The second-order valence-corrected chi connectivity index (χ2v) is 6.63. The smallest absolute Gasteiger partial charge is 0.146 e. The first-order chi connectivity index (χ1) is 9.98. The standard InChI is InChI=1S/C17H28FN3/c1-14(2)12-21-10-8-17(13-19,9-11-21)20(3)16-7-5-4-6-15(16)18/h4-7,14H,8-13,19H2,1-3H3. The summed E-state index contributed by atoms with van der Waals surface area (Å²) in [5.41, 5.74) is 6.61. The fraction of sp³-hybridized carbons (Fsp3) is 0.647. The number of hydrogen-bond acceptors (Lipinski definition) is 3. The van der Waals surface area contributed by atoms with Crippen molar-refractivity contribution in [2.24, 2.45) is 11.7 Å². The van der Waals surface area contributed by atoms with Crippen LogP contribution in [0.5, 0.6) is 0 Å². The van der Waals surface area contributed by atoms with Gasteiger partial charge in [-0.05, 0) is 30.9 Å². The van der Waals surface area contributed by atoms with Crippen LogP contribution in [0, 0.1) is 11.7 Å². The molecular weight excluding hydrogens is 265 g/mol. The molecule has 1 fully saturated rings. The van der Waals surface area contributed by atoms with E-state index in [9.17, 15) is 4.39 Å². The van der Waals surface area contributed by atoms with Crippen LogP contribution in [0.25, 0.3) is 0 Å². The van der Waals surface area contributed by atoms with Gasteiger partial charge in [0.05, 0.1) is 11.2 Å². The average molecular weight is 293 g/mol. The molecule has 2 rings (SSSR count). The van der Waals surface area contributed by atoms with Crippen LogP contribution in [0.4, 0.5) is 10.1 Å². The Balaban J connectivity index is 2.11. The van der Waals surface area contributed by atoms with E-state index in [1.54, 1.807) is 6.07 Å². The van der Waals surface area contributed by atoms with Gasteiger partial charge in [-0.25, -0.2) is 4.39 Å². The van der Waals surface area contributed by atoms with Gasteiger partial charge in [0.25, 0.3) is 0 Å². The van der Waals surface area contributed by atoms with E-state index in [4.69, 9.17) is 5.73 Å². The van der Waals surface area contributed by atoms with Crippen LogP contribution >= 0.6 is 0 Å². The highest BCUT2D eigenvalue weighted by Gasteiger charge is 2.38. The lowest BCUT2D eigenvalue weighted by atomic mass is 9.85. The van der Waals surface area contributed by atoms with Gasteiger partial charge in [-0.2, -0.15) is 0 Å². The van der Waals surface area contributed by atoms with Crippen LogP contribution in [0.3, 0.4) is 0 Å². The Labute approximate surface area is 127 Å². The third kappa shape index (κ3) is 3.55. The molecule has 1 saturated heterocycles. The van der Waals surface area contributed by atoms with Crippen LogP contribution in [0.15, 0.2) is 24.3 Å². The number of rotatable bonds is 5. The normalized spacial score (nSPS) is 19.0. The molecule has 0 aromatic heterocycles. The Bertz CT molecular complexity index is 453. The summed E-state index contributed by atoms with van der Waals surface area (Å²) >= 11 is 0. The van der Waals surface area contributed by atoms with Crippen LogP contribution in [-0.4, -0.2) is 43.7 Å². The van der Waals surface area contributed by atoms with E-state index in [1.165, 1.54) is 6.07 Å². The third-order valence-electron chi connectivity index (χ3n) is 4.72. The minimum absolute atomic E-state index is 0.129. The van der Waals surface area contributed by atoms with E-state index < -0.39 is 0 Å². The zero-order valence-corrected chi connectivity index (χ0v) is 13.5. The van der Waals surface area contributed by atoms with Crippen molar-refractivity contribution in [3.05, 3.63) is 30.1 Å². The Morgan fingerprint density at radius 3 is 2.43 bits per heavy atom. The summed E-state index contributed by atoms with van der Waals surface area (Å²) in [6.45, 7) is 8.26. The first-order valence-electron chi connectivity index (χ1n) is 7.89. The van der Waals surface area contributed by atoms with Gasteiger partial charge in [-0.1, -0.05) is 26.0 Å². The van der Waals surface area contributed by atoms with Gasteiger partial charge >= 0.3 is 0 Å². The minimum Gasteiger partial charge on any atom is -0.365 e. The molecule has 1 aromatic rings. The molecule has 21 heavy (non-hydrogen) atoms. The fourth-order valence-electron chi connectivity index (χ4n) is 3.32. The van der Waals surface area contributed by atoms with E-state index in [1.807, 2.05) is 19.2 Å². The largest absolute Gasteiger partial charge is 0.365 e. The molecule has 3 nitrogen and oxygen atoms in total. The molecule has 1 aliphatic rings. The monoisotopic (exact) mass is 293 g/mol. The molecule has 2 N–H and O–H groups in total. The van der Waals surface area contributed by atoms with Crippen molar-refractivity contribution in [3.8, 4) is 0 Å². The second kappa shape index (κ2) is 6.75. The molecule has 0 radical (unpaired) electrons. The molecule has 118 valence electrons. The van der Waals surface area contributed by atoms with Crippen molar-refractivity contribution in [1.82, 2.24) is 4.90 Å². The first kappa shape index (κ1) is 16.2. The van der Waals surface area contributed by atoms with Gasteiger partial charge in [0.15, 0.2) is 0 Å². The van der Waals surface area contributed by atoms with E-state index in [0.717, 1.165) is 32.5 Å². The first-order valence-corrected chi connectivity index (χ1v) is 7.89. The number of benzene rings is 1. The van der Waals surface area contributed by atoms with Crippen LogP contribution in [0.2, 0.25) is 0 Å². The van der Waals surface area contributed by atoms with Gasteiger partial charge in [-0.15, -0.1) is 0 Å². The molecule has 0 aliphatic carbocycles. The molecule has 1 heterocycles. The van der Waals surface area contributed by atoms with Crippen molar-refractivity contribution in [2.45, 2.75) is 32.2 Å². The summed E-state index contributed by atoms with van der Waals surface area (Å²) in [6, 6.07) is 6.97. The molecule has 0 amide bonds. The lowest BCUT2D eigenvalue weighted by Crippen LogP contribution is -2.59. The SMILES string of the molecule is CC(C)CN1CCC(CN)(N(C)c2ccccc2F)CC1. The zero-order chi connectivity index (χ0) is 15.5. The highest BCUT2D eigenvalue weighted by Crippen LogP contribution is 2.32. The van der Waals surface area contributed by atoms with E-state index >= 15 is 0 Å². The van der Waals surface area contributed by atoms with Crippen LogP contribution < -0.4 is 10.6 Å². The highest BCUT2D eigenvalue weighted by molar-refractivity contribution is 5.50. The number of hydrogen-bond donors (Lipinski definition) is 1. The Morgan fingerprint density at radius 1 is 1.29 bits per heavy atom. The van der Waals surface area contributed by atoms with Crippen molar-refractivity contribution >= 4 is 5.69 Å².